The van der Waals surface area contributed by atoms with Crippen molar-refractivity contribution >= 4 is 10.1 Å². The average Bonchev–Trinajstić information content (AvgIpc) is 2.58. The van der Waals surface area contributed by atoms with Gasteiger partial charge in [-0.15, -0.1) is 5.75 Å². The molecule has 0 unspecified atom stereocenters. The van der Waals surface area contributed by atoms with Crippen LogP contribution >= 0.6 is 0 Å². The van der Waals surface area contributed by atoms with Crippen LogP contribution in [0.1, 0.15) is 51.0 Å². The van der Waals surface area contributed by atoms with E-state index in [-0.39, 0.29) is 35.3 Å². The minimum Gasteiger partial charge on any atom is -0.872 e. The second-order valence-electron chi connectivity index (χ2n) is 6.38. The van der Waals surface area contributed by atoms with Crippen LogP contribution in [0, 0.1) is 0 Å². The number of hydrogen-bond acceptors (Lipinski definition) is 4. The number of aryl methyl sites for hydroxylation is 1. The molecule has 2 rings (SSSR count). The Bertz CT molecular complexity index is 804. The first-order chi connectivity index (χ1) is 12.4. The normalized spacial score (nSPS) is 11.0. The zero-order valence-corrected chi connectivity index (χ0v) is 18.8. The van der Waals surface area contributed by atoms with E-state index in [9.17, 15) is 13.5 Å². The Balaban J connectivity index is 0.00000364. The number of ether oxygens (including phenoxy) is 1. The summed E-state index contributed by atoms with van der Waals surface area (Å²) in [5.41, 5.74) is 1.21. The third kappa shape index (κ3) is 8.66. The molecular formula is C20H25NaO5S. The van der Waals surface area contributed by atoms with E-state index in [0.717, 1.165) is 25.0 Å². The van der Waals surface area contributed by atoms with Gasteiger partial charge < -0.3 is 9.84 Å². The average molecular weight is 400 g/mol. The van der Waals surface area contributed by atoms with E-state index in [1.54, 1.807) is 12.1 Å². The van der Waals surface area contributed by atoms with Gasteiger partial charge in [0.05, 0.1) is 4.90 Å². The van der Waals surface area contributed by atoms with Gasteiger partial charge in [-0.05, 0) is 42.7 Å². The molecule has 0 fully saturated rings. The summed E-state index contributed by atoms with van der Waals surface area (Å²) in [6.07, 6.45) is 8.52. The maximum atomic E-state index is 11.6. The predicted octanol–water partition coefficient (Wildman–Crippen LogP) is 1.71. The second-order valence-corrected chi connectivity index (χ2v) is 7.80. The van der Waals surface area contributed by atoms with Gasteiger partial charge in [0.2, 0.25) is 0 Å². The van der Waals surface area contributed by atoms with Crippen LogP contribution in [0.2, 0.25) is 0 Å². The monoisotopic (exact) mass is 400 g/mol. The van der Waals surface area contributed by atoms with Gasteiger partial charge in [-0.2, -0.15) is 8.42 Å². The molecule has 0 heterocycles. The zero-order valence-electron chi connectivity index (χ0n) is 16.0. The summed E-state index contributed by atoms with van der Waals surface area (Å²) in [5.74, 6) is 0.0344. The Morgan fingerprint density at radius 1 is 0.926 bits per heavy atom. The number of rotatable bonds is 10. The Hall–Kier alpha value is -1.05. The molecule has 0 bridgehead atoms. The fourth-order valence-corrected chi connectivity index (χ4v) is 3.25. The molecule has 0 radical (unpaired) electrons. The number of benzene rings is 2. The quantitative estimate of drug-likeness (QED) is 0.373. The maximum Gasteiger partial charge on any atom is 1.00 e. The van der Waals surface area contributed by atoms with E-state index in [4.69, 9.17) is 9.29 Å². The van der Waals surface area contributed by atoms with E-state index in [0.29, 0.717) is 5.75 Å². The summed E-state index contributed by atoms with van der Waals surface area (Å²) < 4.78 is 37.0. The smallest absolute Gasteiger partial charge is 0.872 e. The van der Waals surface area contributed by atoms with Crippen molar-refractivity contribution in [1.82, 2.24) is 0 Å². The summed E-state index contributed by atoms with van der Waals surface area (Å²) >= 11 is 0. The van der Waals surface area contributed by atoms with Crippen molar-refractivity contribution in [2.45, 2.75) is 56.8 Å². The molecule has 0 aromatic heterocycles. The van der Waals surface area contributed by atoms with Crippen LogP contribution in [0.4, 0.5) is 0 Å². The molecule has 0 aliphatic heterocycles. The summed E-state index contributed by atoms with van der Waals surface area (Å²) in [6, 6.07) is 10.7. The molecule has 7 heteroatoms. The Labute approximate surface area is 183 Å². The molecule has 27 heavy (non-hydrogen) atoms. The topological polar surface area (TPSA) is 86.7 Å². The summed E-state index contributed by atoms with van der Waals surface area (Å²) in [6.45, 7) is 2.21. The summed E-state index contributed by atoms with van der Waals surface area (Å²) in [7, 11) is -4.45. The van der Waals surface area contributed by atoms with Crippen LogP contribution in [0.3, 0.4) is 0 Å². The minimum absolute atomic E-state index is 0. The van der Waals surface area contributed by atoms with Crippen molar-refractivity contribution in [3.8, 4) is 17.2 Å². The fourth-order valence-electron chi connectivity index (χ4n) is 2.72. The molecular weight excluding hydrogens is 375 g/mol. The van der Waals surface area contributed by atoms with Crippen molar-refractivity contribution in [2.24, 2.45) is 0 Å². The largest absolute Gasteiger partial charge is 1.00 e. The summed E-state index contributed by atoms with van der Waals surface area (Å²) in [4.78, 5) is -0.473. The molecule has 0 spiro atoms. The van der Waals surface area contributed by atoms with Crippen LogP contribution in [0.15, 0.2) is 47.4 Å². The number of hydrogen-bond donors (Lipinski definition) is 1. The van der Waals surface area contributed by atoms with Gasteiger partial charge in [-0.3, -0.25) is 4.55 Å². The van der Waals surface area contributed by atoms with Gasteiger partial charge in [0.1, 0.15) is 11.5 Å². The molecule has 142 valence electrons. The third-order valence-corrected chi connectivity index (χ3v) is 4.96. The molecule has 0 aliphatic carbocycles. The molecule has 1 N–H and O–H groups in total. The van der Waals surface area contributed by atoms with Crippen molar-refractivity contribution in [1.29, 1.82) is 0 Å². The van der Waals surface area contributed by atoms with Gasteiger partial charge >= 0.3 is 29.6 Å². The van der Waals surface area contributed by atoms with Crippen molar-refractivity contribution < 1.29 is 52.4 Å². The third-order valence-electron chi connectivity index (χ3n) is 4.13. The van der Waals surface area contributed by atoms with E-state index in [1.807, 2.05) is 12.1 Å². The van der Waals surface area contributed by atoms with Crippen LogP contribution in [0.5, 0.6) is 17.2 Å². The second kappa shape index (κ2) is 11.7. The minimum atomic E-state index is -4.45. The van der Waals surface area contributed by atoms with Gasteiger partial charge in [0, 0.05) is 6.07 Å². The van der Waals surface area contributed by atoms with Crippen LogP contribution in [0.25, 0.3) is 0 Å². The van der Waals surface area contributed by atoms with Crippen molar-refractivity contribution in [3.05, 3.63) is 48.0 Å². The van der Waals surface area contributed by atoms with Crippen LogP contribution < -0.4 is 39.4 Å². The van der Waals surface area contributed by atoms with Gasteiger partial charge in [-0.25, -0.2) is 0 Å². The molecule has 0 atom stereocenters. The van der Waals surface area contributed by atoms with E-state index in [2.05, 4.69) is 6.92 Å². The molecule has 5 nitrogen and oxygen atoms in total. The van der Waals surface area contributed by atoms with Gasteiger partial charge in [0.15, 0.2) is 0 Å². The van der Waals surface area contributed by atoms with Crippen molar-refractivity contribution in [2.75, 3.05) is 0 Å². The van der Waals surface area contributed by atoms with Crippen LogP contribution in [-0.2, 0) is 16.5 Å². The number of unbranched alkanes of at least 4 members (excludes halogenated alkanes) is 5. The Kier molecular flexibility index (Phi) is 10.4. The standard InChI is InChI=1S/C20H26O5S.Na/c1-2-3-4-5-6-7-8-16-9-11-18(12-10-16)25-19-13-17(21)14-20(15-19)26(22,23)24;/h9-15,21H,2-8H2,1H3,(H,22,23,24);/q;+1/p-1. The fraction of sp³-hybridized carbons (Fsp3) is 0.400. The first-order valence-corrected chi connectivity index (χ1v) is 10.4. The first kappa shape index (κ1) is 24.0. The molecule has 0 saturated heterocycles. The van der Waals surface area contributed by atoms with Crippen LogP contribution in [-0.4, -0.2) is 13.0 Å². The predicted molar refractivity (Wildman–Crippen MR) is 99.3 cm³/mol. The molecule has 0 aliphatic rings. The van der Waals surface area contributed by atoms with Crippen molar-refractivity contribution in [3.63, 3.8) is 0 Å². The van der Waals surface area contributed by atoms with Gasteiger partial charge in [0.25, 0.3) is 10.1 Å². The Morgan fingerprint density at radius 2 is 1.56 bits per heavy atom. The SMILES string of the molecule is CCCCCCCCc1ccc(Oc2cc([O-])cc(S(=O)(=O)O)c2)cc1.[Na+]. The first-order valence-electron chi connectivity index (χ1n) is 8.95. The molecule has 2 aromatic carbocycles. The molecule has 0 amide bonds. The zero-order chi connectivity index (χ0) is 19.0. The van der Waals surface area contributed by atoms with E-state index >= 15 is 0 Å². The molecule has 2 aromatic rings. The maximum absolute atomic E-state index is 11.6. The Morgan fingerprint density at radius 3 is 2.19 bits per heavy atom. The van der Waals surface area contributed by atoms with E-state index in [1.165, 1.54) is 43.7 Å². The summed E-state index contributed by atoms with van der Waals surface area (Å²) in [5, 5.41) is 11.6. The van der Waals surface area contributed by atoms with Gasteiger partial charge in [-0.1, -0.05) is 51.2 Å². The molecule has 0 saturated carbocycles. The van der Waals surface area contributed by atoms with E-state index < -0.39 is 20.8 Å².